The molecule has 0 spiro atoms. The summed E-state index contributed by atoms with van der Waals surface area (Å²) in [5.74, 6) is -0.321. The molecule has 1 amide bonds. The summed E-state index contributed by atoms with van der Waals surface area (Å²) in [7, 11) is 0. The highest BCUT2D eigenvalue weighted by Crippen LogP contribution is 1.77. The maximum Gasteiger partial charge on any atom is 0.246 e. The Morgan fingerprint density at radius 2 is 1.81 bits per heavy atom. The average Bonchev–Trinajstić information content (AvgIpc) is 2.27. The van der Waals surface area contributed by atoms with Gasteiger partial charge in [0.2, 0.25) is 5.91 Å². The molecule has 16 heavy (non-hydrogen) atoms. The minimum absolute atomic E-state index is 0. The molecule has 0 saturated carbocycles. The van der Waals surface area contributed by atoms with Crippen LogP contribution in [0.2, 0.25) is 0 Å². The van der Waals surface area contributed by atoms with Crippen molar-refractivity contribution < 1.29 is 20.5 Å². The van der Waals surface area contributed by atoms with Crippen molar-refractivity contribution in [3.8, 4) is 0 Å². The number of ketones is 1. The number of hydrogen-bond donors (Lipinski definition) is 1. The second-order valence-electron chi connectivity index (χ2n) is 2.74. The van der Waals surface area contributed by atoms with E-state index >= 15 is 0 Å². The van der Waals surface area contributed by atoms with Crippen molar-refractivity contribution in [1.82, 2.24) is 5.32 Å². The third-order valence-corrected chi connectivity index (χ3v) is 1.31. The third-order valence-electron chi connectivity index (χ3n) is 1.31. The van der Waals surface area contributed by atoms with Crippen LogP contribution in [0.4, 0.5) is 0 Å². The molecular formula is C11H25NO4. The largest absolute Gasteiger partial charge is 0.380 e. The Labute approximate surface area is 99.0 Å². The van der Waals surface area contributed by atoms with Crippen LogP contribution in [0, 0.1) is 0 Å². The maximum absolute atomic E-state index is 11.0. The van der Waals surface area contributed by atoms with E-state index in [0.29, 0.717) is 19.8 Å². The molecule has 1 N–H and O–H groups in total. The summed E-state index contributed by atoms with van der Waals surface area (Å²) in [4.78, 5) is 21.4. The van der Waals surface area contributed by atoms with E-state index in [1.165, 1.54) is 6.92 Å². The molecule has 5 nitrogen and oxygen atoms in total. The van der Waals surface area contributed by atoms with E-state index in [-0.39, 0.29) is 26.3 Å². The van der Waals surface area contributed by atoms with Crippen LogP contribution in [0.25, 0.3) is 0 Å². The lowest BCUT2D eigenvalue weighted by atomic mass is 10.5. The summed E-state index contributed by atoms with van der Waals surface area (Å²) in [5.41, 5.74) is 0. The van der Waals surface area contributed by atoms with Crippen molar-refractivity contribution in [3.63, 3.8) is 0 Å². The summed E-state index contributed by atoms with van der Waals surface area (Å²) >= 11 is 0. The van der Waals surface area contributed by atoms with Gasteiger partial charge in [-0.15, -0.1) is 0 Å². The fourth-order valence-corrected chi connectivity index (χ4v) is 0.745. The fraction of sp³-hybridized carbons (Fsp3) is 0.818. The highest BCUT2D eigenvalue weighted by molar-refractivity contribution is 5.79. The van der Waals surface area contributed by atoms with E-state index in [2.05, 4.69) is 5.32 Å². The van der Waals surface area contributed by atoms with Crippen molar-refractivity contribution in [2.75, 3.05) is 33.0 Å². The van der Waals surface area contributed by atoms with Crippen LogP contribution in [0.3, 0.4) is 0 Å². The predicted molar refractivity (Wildman–Crippen MR) is 64.5 cm³/mol. The van der Waals surface area contributed by atoms with E-state index in [4.69, 9.17) is 9.47 Å². The molecule has 0 radical (unpaired) electrons. The van der Waals surface area contributed by atoms with Gasteiger partial charge in [-0.25, -0.2) is 0 Å². The van der Waals surface area contributed by atoms with Gasteiger partial charge in [-0.1, -0.05) is 13.8 Å². The summed E-state index contributed by atoms with van der Waals surface area (Å²) in [6.45, 7) is 8.80. The van der Waals surface area contributed by atoms with Crippen LogP contribution in [0.1, 0.15) is 29.1 Å². The van der Waals surface area contributed by atoms with Gasteiger partial charge in [-0.3, -0.25) is 9.59 Å². The summed E-state index contributed by atoms with van der Waals surface area (Å²) in [5, 5.41) is 2.59. The lowest BCUT2D eigenvalue weighted by Gasteiger charge is -2.04. The minimum Gasteiger partial charge on any atom is -0.380 e. The van der Waals surface area contributed by atoms with Crippen molar-refractivity contribution in [3.05, 3.63) is 0 Å². The van der Waals surface area contributed by atoms with Gasteiger partial charge in [-0.05, 0) is 13.8 Å². The number of hydrogen-bond acceptors (Lipinski definition) is 4. The van der Waals surface area contributed by atoms with E-state index in [9.17, 15) is 9.59 Å². The van der Waals surface area contributed by atoms with Crippen LogP contribution in [-0.4, -0.2) is 44.7 Å². The predicted octanol–water partition coefficient (Wildman–Crippen LogP) is 1.02. The Hall–Kier alpha value is -0.940. The highest BCUT2D eigenvalue weighted by atomic mass is 16.5. The molecule has 98 valence electrons. The monoisotopic (exact) mass is 235 g/mol. The molecule has 0 aromatic carbocycles. The van der Waals surface area contributed by atoms with Crippen molar-refractivity contribution in [2.24, 2.45) is 0 Å². The summed E-state index contributed by atoms with van der Waals surface area (Å²) in [6.07, 6.45) is 0. The zero-order valence-electron chi connectivity index (χ0n) is 10.7. The van der Waals surface area contributed by atoms with Gasteiger partial charge < -0.3 is 14.8 Å². The molecule has 0 rings (SSSR count). The Balaban J connectivity index is -0.000000616. The highest BCUT2D eigenvalue weighted by Gasteiger charge is 2.01. The van der Waals surface area contributed by atoms with Crippen LogP contribution < -0.4 is 5.32 Å². The molecule has 0 unspecified atom stereocenters. The van der Waals surface area contributed by atoms with Gasteiger partial charge >= 0.3 is 0 Å². The average molecular weight is 235 g/mol. The molecule has 0 fully saturated rings. The number of nitrogens with one attached hydrogen (secondary N) is 1. The smallest absolute Gasteiger partial charge is 0.246 e. The van der Waals surface area contributed by atoms with Gasteiger partial charge in [0.1, 0.15) is 13.2 Å². The van der Waals surface area contributed by atoms with Crippen LogP contribution in [0.15, 0.2) is 0 Å². The normalized spacial score (nSPS) is 9.00. The minimum atomic E-state index is -0.231. The first kappa shape index (κ1) is 17.5. The first-order chi connectivity index (χ1) is 7.66. The standard InChI is InChI=1S/C9H17NO4.C2H6.H2/c1-3-13-5-4-10-9(12)7-14-6-8(2)11;1-2;/h3-7H2,1-2H3,(H,10,12);1-2H3;1H. The molecule has 0 bridgehead atoms. The number of ether oxygens (including phenoxy) is 2. The molecule has 0 aliphatic heterocycles. The van der Waals surface area contributed by atoms with E-state index in [0.717, 1.165) is 0 Å². The Morgan fingerprint density at radius 1 is 1.19 bits per heavy atom. The number of amides is 1. The van der Waals surface area contributed by atoms with Crippen LogP contribution in [0.5, 0.6) is 0 Å². The maximum atomic E-state index is 11.0. The lowest BCUT2D eigenvalue weighted by molar-refractivity contribution is -0.129. The third kappa shape index (κ3) is 15.5. The molecule has 0 aliphatic rings. The van der Waals surface area contributed by atoms with E-state index in [1.807, 2.05) is 20.8 Å². The molecule has 0 aliphatic carbocycles. The molecule has 0 aromatic rings. The van der Waals surface area contributed by atoms with Crippen LogP contribution in [-0.2, 0) is 19.1 Å². The topological polar surface area (TPSA) is 64.6 Å². The number of rotatable bonds is 8. The van der Waals surface area contributed by atoms with Crippen molar-refractivity contribution in [2.45, 2.75) is 27.7 Å². The Bertz CT molecular complexity index is 188. The molecular weight excluding hydrogens is 210 g/mol. The van der Waals surface area contributed by atoms with E-state index < -0.39 is 0 Å². The SMILES string of the molecule is CC.CCOCCNC(=O)COCC(C)=O.[HH]. The quantitative estimate of drug-likeness (QED) is 0.638. The first-order valence-corrected chi connectivity index (χ1v) is 5.58. The Morgan fingerprint density at radius 3 is 2.31 bits per heavy atom. The lowest BCUT2D eigenvalue weighted by Crippen LogP contribution is -2.31. The number of Topliss-reactive ketones (excluding diaryl/α,β-unsaturated/α-hetero) is 1. The fourth-order valence-electron chi connectivity index (χ4n) is 0.745. The summed E-state index contributed by atoms with van der Waals surface area (Å²) < 4.78 is 9.83. The first-order valence-electron chi connectivity index (χ1n) is 5.58. The van der Waals surface area contributed by atoms with Gasteiger partial charge in [0, 0.05) is 14.6 Å². The zero-order chi connectivity index (χ0) is 12.8. The van der Waals surface area contributed by atoms with Crippen molar-refractivity contribution >= 4 is 11.7 Å². The second-order valence-corrected chi connectivity index (χ2v) is 2.74. The van der Waals surface area contributed by atoms with Crippen LogP contribution >= 0.6 is 0 Å². The van der Waals surface area contributed by atoms with Crippen molar-refractivity contribution in [1.29, 1.82) is 0 Å². The van der Waals surface area contributed by atoms with Gasteiger partial charge in [-0.2, -0.15) is 0 Å². The molecule has 0 atom stereocenters. The molecule has 5 heteroatoms. The number of carbonyl (C=O) groups is 2. The number of carbonyl (C=O) groups excluding carboxylic acids is 2. The summed E-state index contributed by atoms with van der Waals surface area (Å²) in [6, 6.07) is 0. The second kappa shape index (κ2) is 14.1. The van der Waals surface area contributed by atoms with Gasteiger partial charge in [0.15, 0.2) is 5.78 Å². The Kier molecular flexibility index (Phi) is 15.3. The molecule has 0 saturated heterocycles. The van der Waals surface area contributed by atoms with Gasteiger partial charge in [0.05, 0.1) is 6.61 Å². The molecule has 0 heterocycles. The van der Waals surface area contributed by atoms with Gasteiger partial charge in [0.25, 0.3) is 0 Å². The zero-order valence-corrected chi connectivity index (χ0v) is 10.7. The molecule has 0 aromatic heterocycles. The van der Waals surface area contributed by atoms with E-state index in [1.54, 1.807) is 0 Å².